The quantitative estimate of drug-likeness (QED) is 0.726. The maximum Gasteiger partial charge on any atom is 0.253 e. The van der Waals surface area contributed by atoms with E-state index >= 15 is 0 Å². The lowest BCUT2D eigenvalue weighted by atomic mass is 10.1. The number of carbonyl (C=O) groups excluding carboxylic acids is 3. The number of halogens is 1. The average molecular weight is 412 g/mol. The molecule has 2 heterocycles. The Balaban J connectivity index is 1.35. The maximum absolute atomic E-state index is 12.8. The molecule has 150 valence electrons. The lowest BCUT2D eigenvalue weighted by Gasteiger charge is -2.36. The molecule has 2 aliphatic rings. The Hall–Kier alpha value is -2.86. The van der Waals surface area contributed by atoms with E-state index in [1.165, 1.54) is 4.90 Å². The number of benzene rings is 2. The van der Waals surface area contributed by atoms with Crippen LogP contribution in [-0.4, -0.2) is 53.7 Å². The molecule has 0 radical (unpaired) electrons. The molecule has 29 heavy (non-hydrogen) atoms. The molecule has 0 spiro atoms. The van der Waals surface area contributed by atoms with Gasteiger partial charge in [-0.25, -0.2) is 0 Å². The molecule has 2 aliphatic heterocycles. The minimum atomic E-state index is -0.132. The summed E-state index contributed by atoms with van der Waals surface area (Å²) in [5.41, 5.74) is 2.53. The Morgan fingerprint density at radius 3 is 2.17 bits per heavy atom. The van der Waals surface area contributed by atoms with E-state index in [-0.39, 0.29) is 37.1 Å². The van der Waals surface area contributed by atoms with Gasteiger partial charge in [0, 0.05) is 55.3 Å². The Morgan fingerprint density at radius 2 is 1.55 bits per heavy atom. The van der Waals surface area contributed by atoms with Crippen molar-refractivity contribution in [1.82, 2.24) is 9.80 Å². The van der Waals surface area contributed by atoms with Crippen LogP contribution in [0.3, 0.4) is 0 Å². The van der Waals surface area contributed by atoms with E-state index in [0.29, 0.717) is 23.7 Å². The SMILES string of the molecule is O=C(c1ccc(CN2C(=O)CCC2=O)cc1)N1CCN(c2cccc(Cl)c2)CC1. The number of amides is 3. The van der Waals surface area contributed by atoms with Crippen LogP contribution in [0.15, 0.2) is 48.5 Å². The van der Waals surface area contributed by atoms with Gasteiger partial charge in [-0.1, -0.05) is 29.8 Å². The zero-order valence-electron chi connectivity index (χ0n) is 16.0. The summed E-state index contributed by atoms with van der Waals surface area (Å²) < 4.78 is 0. The van der Waals surface area contributed by atoms with Crippen molar-refractivity contribution in [2.75, 3.05) is 31.1 Å². The summed E-state index contributed by atoms with van der Waals surface area (Å²) >= 11 is 6.07. The summed E-state index contributed by atoms with van der Waals surface area (Å²) in [4.78, 5) is 41.7. The van der Waals surface area contributed by atoms with Crippen molar-refractivity contribution in [3.8, 4) is 0 Å². The van der Waals surface area contributed by atoms with Gasteiger partial charge in [-0.05, 0) is 35.9 Å². The van der Waals surface area contributed by atoms with Gasteiger partial charge < -0.3 is 9.80 Å². The lowest BCUT2D eigenvalue weighted by molar-refractivity contribution is -0.139. The van der Waals surface area contributed by atoms with Gasteiger partial charge in [0.2, 0.25) is 11.8 Å². The first kappa shape index (κ1) is 19.5. The van der Waals surface area contributed by atoms with Crippen LogP contribution in [0.25, 0.3) is 0 Å². The fourth-order valence-electron chi connectivity index (χ4n) is 3.76. The third-order valence-electron chi connectivity index (χ3n) is 5.44. The highest BCUT2D eigenvalue weighted by Gasteiger charge is 2.29. The van der Waals surface area contributed by atoms with E-state index in [0.717, 1.165) is 24.3 Å². The molecule has 2 fully saturated rings. The molecule has 4 rings (SSSR count). The molecule has 0 aromatic heterocycles. The van der Waals surface area contributed by atoms with Crippen molar-refractivity contribution >= 4 is 35.0 Å². The summed E-state index contributed by atoms with van der Waals surface area (Å²) in [5.74, 6) is -0.268. The van der Waals surface area contributed by atoms with Crippen LogP contribution in [-0.2, 0) is 16.1 Å². The highest BCUT2D eigenvalue weighted by molar-refractivity contribution is 6.30. The summed E-state index contributed by atoms with van der Waals surface area (Å²) in [6.45, 7) is 3.06. The minimum Gasteiger partial charge on any atom is -0.368 e. The van der Waals surface area contributed by atoms with Crippen LogP contribution in [0.4, 0.5) is 5.69 Å². The summed E-state index contributed by atoms with van der Waals surface area (Å²) in [6, 6.07) is 14.9. The van der Waals surface area contributed by atoms with Crippen LogP contribution in [0.1, 0.15) is 28.8 Å². The standard InChI is InChI=1S/C22H22ClN3O3/c23-18-2-1-3-19(14-18)24-10-12-25(13-11-24)22(29)17-6-4-16(5-7-17)15-26-20(27)8-9-21(26)28/h1-7,14H,8-13,15H2. The van der Waals surface area contributed by atoms with Crippen LogP contribution in [0.2, 0.25) is 5.02 Å². The number of anilines is 1. The van der Waals surface area contributed by atoms with Gasteiger partial charge in [0.1, 0.15) is 0 Å². The second kappa shape index (κ2) is 8.25. The first-order valence-corrected chi connectivity index (χ1v) is 10.1. The molecule has 0 saturated carbocycles. The van der Waals surface area contributed by atoms with Crippen LogP contribution in [0, 0.1) is 0 Å². The Kier molecular flexibility index (Phi) is 5.53. The highest BCUT2D eigenvalue weighted by Crippen LogP contribution is 2.22. The molecule has 6 nitrogen and oxygen atoms in total. The molecular formula is C22H22ClN3O3. The lowest BCUT2D eigenvalue weighted by Crippen LogP contribution is -2.48. The number of piperazine rings is 1. The molecule has 2 aromatic carbocycles. The van der Waals surface area contributed by atoms with Gasteiger partial charge in [0.25, 0.3) is 5.91 Å². The number of nitrogens with zero attached hydrogens (tertiary/aromatic N) is 3. The molecule has 0 bridgehead atoms. The van der Waals surface area contributed by atoms with Crippen molar-refractivity contribution in [2.45, 2.75) is 19.4 Å². The predicted octanol–water partition coefficient (Wildman–Crippen LogP) is 2.95. The fourth-order valence-corrected chi connectivity index (χ4v) is 3.94. The van der Waals surface area contributed by atoms with Gasteiger partial charge in [0.15, 0.2) is 0 Å². The van der Waals surface area contributed by atoms with Gasteiger partial charge in [-0.3, -0.25) is 19.3 Å². The molecule has 0 atom stereocenters. The van der Waals surface area contributed by atoms with Crippen molar-refractivity contribution in [3.63, 3.8) is 0 Å². The zero-order valence-corrected chi connectivity index (χ0v) is 16.8. The molecule has 2 saturated heterocycles. The van der Waals surface area contributed by atoms with E-state index in [4.69, 9.17) is 11.6 Å². The number of hydrogen-bond acceptors (Lipinski definition) is 4. The van der Waals surface area contributed by atoms with Crippen molar-refractivity contribution in [2.24, 2.45) is 0 Å². The van der Waals surface area contributed by atoms with Crippen LogP contribution < -0.4 is 4.90 Å². The third kappa shape index (κ3) is 4.27. The van der Waals surface area contributed by atoms with Gasteiger partial charge in [0.05, 0.1) is 6.54 Å². The topological polar surface area (TPSA) is 60.9 Å². The largest absolute Gasteiger partial charge is 0.368 e. The van der Waals surface area contributed by atoms with Crippen molar-refractivity contribution < 1.29 is 14.4 Å². The number of imide groups is 1. The molecule has 0 N–H and O–H groups in total. The summed E-state index contributed by atoms with van der Waals surface area (Å²) in [6.07, 6.45) is 0.577. The normalized spacial score (nSPS) is 17.2. The Bertz CT molecular complexity index is 921. The minimum absolute atomic E-state index is 0.00406. The van der Waals surface area contributed by atoms with E-state index in [2.05, 4.69) is 4.90 Å². The second-order valence-electron chi connectivity index (χ2n) is 7.33. The maximum atomic E-state index is 12.8. The van der Waals surface area contributed by atoms with Gasteiger partial charge in [-0.15, -0.1) is 0 Å². The number of carbonyl (C=O) groups is 3. The summed E-state index contributed by atoms with van der Waals surface area (Å²) in [7, 11) is 0. The number of hydrogen-bond donors (Lipinski definition) is 0. The Morgan fingerprint density at radius 1 is 0.897 bits per heavy atom. The smallest absolute Gasteiger partial charge is 0.253 e. The monoisotopic (exact) mass is 411 g/mol. The predicted molar refractivity (Wildman–Crippen MR) is 111 cm³/mol. The van der Waals surface area contributed by atoms with E-state index < -0.39 is 0 Å². The van der Waals surface area contributed by atoms with E-state index in [9.17, 15) is 14.4 Å². The molecule has 7 heteroatoms. The third-order valence-corrected chi connectivity index (χ3v) is 5.67. The number of rotatable bonds is 4. The van der Waals surface area contributed by atoms with E-state index in [1.807, 2.05) is 41.3 Å². The zero-order chi connectivity index (χ0) is 20.4. The molecular weight excluding hydrogens is 390 g/mol. The molecule has 3 amide bonds. The summed E-state index contributed by atoms with van der Waals surface area (Å²) in [5, 5.41) is 0.707. The number of likely N-dealkylation sites (tertiary alicyclic amines) is 1. The second-order valence-corrected chi connectivity index (χ2v) is 7.77. The first-order valence-electron chi connectivity index (χ1n) is 9.73. The highest BCUT2D eigenvalue weighted by atomic mass is 35.5. The molecule has 0 unspecified atom stereocenters. The van der Waals surface area contributed by atoms with Gasteiger partial charge in [-0.2, -0.15) is 0 Å². The Labute approximate surface area is 174 Å². The molecule has 2 aromatic rings. The van der Waals surface area contributed by atoms with Crippen LogP contribution in [0.5, 0.6) is 0 Å². The first-order chi connectivity index (χ1) is 14.0. The van der Waals surface area contributed by atoms with Crippen LogP contribution >= 0.6 is 11.6 Å². The van der Waals surface area contributed by atoms with E-state index in [1.54, 1.807) is 12.1 Å². The molecule has 0 aliphatic carbocycles. The average Bonchev–Trinajstić information content (AvgIpc) is 3.06. The fraction of sp³-hybridized carbons (Fsp3) is 0.318. The van der Waals surface area contributed by atoms with Crippen molar-refractivity contribution in [3.05, 3.63) is 64.7 Å². The van der Waals surface area contributed by atoms with Gasteiger partial charge >= 0.3 is 0 Å². The van der Waals surface area contributed by atoms with Crippen molar-refractivity contribution in [1.29, 1.82) is 0 Å².